The lowest BCUT2D eigenvalue weighted by Crippen LogP contribution is -2.36. The number of amides is 3. The fraction of sp³-hybridized carbons (Fsp3) is 0.167. The summed E-state index contributed by atoms with van der Waals surface area (Å²) >= 11 is 7.11. The van der Waals surface area contributed by atoms with Gasteiger partial charge in [0.2, 0.25) is 5.91 Å². The minimum atomic E-state index is -0.635. The van der Waals surface area contributed by atoms with Gasteiger partial charge in [-0.25, -0.2) is 9.78 Å². The van der Waals surface area contributed by atoms with Crippen molar-refractivity contribution in [3.63, 3.8) is 0 Å². The predicted octanol–water partition coefficient (Wildman–Crippen LogP) is 4.75. The molecule has 0 aliphatic rings. The standard InChI is InChI=1S/C24H21ClN4O4S/c1-14-5-8-19(15(2)10-14)26-23(32)28-21(30)13-34-24-27-20-11-16(25)6-7-18(20)22(31)29(24)12-17-4-3-9-33-17/h3-11H,12-13H2,1-2H3,(H2,26,28,30,32). The Morgan fingerprint density at radius 1 is 1.15 bits per heavy atom. The van der Waals surface area contributed by atoms with Crippen molar-refractivity contribution < 1.29 is 14.0 Å². The maximum Gasteiger partial charge on any atom is 0.325 e. The van der Waals surface area contributed by atoms with E-state index in [1.54, 1.807) is 36.4 Å². The molecule has 4 rings (SSSR count). The zero-order valence-corrected chi connectivity index (χ0v) is 20.0. The highest BCUT2D eigenvalue weighted by Crippen LogP contribution is 2.21. The average molecular weight is 497 g/mol. The first-order valence-corrected chi connectivity index (χ1v) is 11.7. The van der Waals surface area contributed by atoms with Crippen molar-refractivity contribution in [1.82, 2.24) is 14.9 Å². The molecule has 0 saturated heterocycles. The molecule has 2 aromatic heterocycles. The van der Waals surface area contributed by atoms with Crippen molar-refractivity contribution >= 4 is 51.9 Å². The summed E-state index contributed by atoms with van der Waals surface area (Å²) in [5.74, 6) is -0.0923. The van der Waals surface area contributed by atoms with Crippen LogP contribution in [0, 0.1) is 13.8 Å². The largest absolute Gasteiger partial charge is 0.467 e. The number of hydrogen-bond donors (Lipinski definition) is 2. The van der Waals surface area contributed by atoms with E-state index in [0.29, 0.717) is 32.5 Å². The second-order valence-corrected chi connectivity index (χ2v) is 9.01. The molecule has 0 aliphatic carbocycles. The third kappa shape index (κ3) is 5.49. The highest BCUT2D eigenvalue weighted by atomic mass is 35.5. The number of thioether (sulfide) groups is 1. The Morgan fingerprint density at radius 2 is 1.97 bits per heavy atom. The molecule has 8 nitrogen and oxygen atoms in total. The molecule has 2 heterocycles. The fourth-order valence-electron chi connectivity index (χ4n) is 3.38. The molecule has 0 radical (unpaired) electrons. The first kappa shape index (κ1) is 23.6. The Bertz CT molecular complexity index is 1430. The molecule has 4 aromatic rings. The summed E-state index contributed by atoms with van der Waals surface area (Å²) in [7, 11) is 0. The van der Waals surface area contributed by atoms with Crippen LogP contribution in [-0.2, 0) is 11.3 Å². The van der Waals surface area contributed by atoms with Crippen LogP contribution in [0.1, 0.15) is 16.9 Å². The van der Waals surface area contributed by atoms with Gasteiger partial charge < -0.3 is 9.73 Å². The van der Waals surface area contributed by atoms with Gasteiger partial charge >= 0.3 is 6.03 Å². The molecular weight excluding hydrogens is 476 g/mol. The number of fused-ring (bicyclic) bond motifs is 1. The molecule has 174 valence electrons. The second kappa shape index (κ2) is 10.1. The minimum Gasteiger partial charge on any atom is -0.467 e. The summed E-state index contributed by atoms with van der Waals surface area (Å²) in [6, 6.07) is 13.3. The lowest BCUT2D eigenvalue weighted by atomic mass is 10.1. The molecule has 0 saturated carbocycles. The van der Waals surface area contributed by atoms with Gasteiger partial charge in [-0.2, -0.15) is 0 Å². The van der Waals surface area contributed by atoms with Gasteiger partial charge in [0.15, 0.2) is 5.16 Å². The molecule has 10 heteroatoms. The fourth-order valence-corrected chi connectivity index (χ4v) is 4.35. The zero-order valence-electron chi connectivity index (χ0n) is 18.4. The maximum absolute atomic E-state index is 13.1. The highest BCUT2D eigenvalue weighted by molar-refractivity contribution is 7.99. The van der Waals surface area contributed by atoms with Crippen molar-refractivity contribution in [2.45, 2.75) is 25.5 Å². The highest BCUT2D eigenvalue weighted by Gasteiger charge is 2.16. The van der Waals surface area contributed by atoms with E-state index in [4.69, 9.17) is 16.0 Å². The second-order valence-electron chi connectivity index (χ2n) is 7.64. The predicted molar refractivity (Wildman–Crippen MR) is 133 cm³/mol. The molecule has 0 aliphatic heterocycles. The monoisotopic (exact) mass is 496 g/mol. The van der Waals surface area contributed by atoms with Gasteiger partial charge in [-0.3, -0.25) is 19.5 Å². The van der Waals surface area contributed by atoms with Gasteiger partial charge in [0, 0.05) is 10.7 Å². The number of halogens is 1. The Balaban J connectivity index is 1.50. The topological polar surface area (TPSA) is 106 Å². The lowest BCUT2D eigenvalue weighted by Gasteiger charge is -2.13. The van der Waals surface area contributed by atoms with Crippen LogP contribution in [-0.4, -0.2) is 27.2 Å². The van der Waals surface area contributed by atoms with Crippen molar-refractivity contribution in [1.29, 1.82) is 0 Å². The number of nitrogens with one attached hydrogen (secondary N) is 2. The van der Waals surface area contributed by atoms with E-state index in [2.05, 4.69) is 15.6 Å². The van der Waals surface area contributed by atoms with Crippen LogP contribution < -0.4 is 16.2 Å². The molecule has 0 fully saturated rings. The number of aryl methyl sites for hydroxylation is 2. The Morgan fingerprint density at radius 3 is 2.71 bits per heavy atom. The molecule has 2 N–H and O–H groups in total. The van der Waals surface area contributed by atoms with Gasteiger partial charge in [0.05, 0.1) is 29.5 Å². The van der Waals surface area contributed by atoms with E-state index in [1.165, 1.54) is 10.8 Å². The Hall–Kier alpha value is -3.56. The number of hydrogen-bond acceptors (Lipinski definition) is 6. The minimum absolute atomic E-state index is 0.128. The van der Waals surface area contributed by atoms with Gasteiger partial charge in [0.25, 0.3) is 5.56 Å². The van der Waals surface area contributed by atoms with E-state index in [-0.39, 0.29) is 17.9 Å². The number of carbonyl (C=O) groups is 2. The maximum atomic E-state index is 13.1. The van der Waals surface area contributed by atoms with E-state index < -0.39 is 11.9 Å². The molecule has 3 amide bonds. The van der Waals surface area contributed by atoms with Crippen LogP contribution in [0.4, 0.5) is 10.5 Å². The van der Waals surface area contributed by atoms with E-state index in [0.717, 1.165) is 22.9 Å². The molecule has 0 spiro atoms. The van der Waals surface area contributed by atoms with Crippen molar-refractivity contribution in [3.8, 4) is 0 Å². The van der Waals surface area contributed by atoms with E-state index in [9.17, 15) is 14.4 Å². The summed E-state index contributed by atoms with van der Waals surface area (Å²) in [4.78, 5) is 42.4. The SMILES string of the molecule is Cc1ccc(NC(=O)NC(=O)CSc2nc3cc(Cl)ccc3c(=O)n2Cc2ccco2)c(C)c1. The van der Waals surface area contributed by atoms with Crippen LogP contribution in [0.2, 0.25) is 5.02 Å². The van der Waals surface area contributed by atoms with E-state index in [1.807, 2.05) is 26.0 Å². The molecule has 0 bridgehead atoms. The van der Waals surface area contributed by atoms with Gasteiger partial charge in [-0.05, 0) is 55.8 Å². The number of imide groups is 1. The summed E-state index contributed by atoms with van der Waals surface area (Å²) in [6.07, 6.45) is 1.52. The zero-order chi connectivity index (χ0) is 24.2. The molecule has 0 unspecified atom stereocenters. The first-order chi connectivity index (χ1) is 16.3. The quantitative estimate of drug-likeness (QED) is 0.295. The number of furan rings is 1. The summed E-state index contributed by atoms with van der Waals surface area (Å²) in [5, 5.41) is 6.12. The molecule has 34 heavy (non-hydrogen) atoms. The lowest BCUT2D eigenvalue weighted by molar-refractivity contribution is -0.117. The molecule has 0 atom stereocenters. The van der Waals surface area contributed by atoms with E-state index >= 15 is 0 Å². The average Bonchev–Trinajstić information content (AvgIpc) is 3.29. The number of carbonyl (C=O) groups excluding carboxylic acids is 2. The number of anilines is 1. The summed E-state index contributed by atoms with van der Waals surface area (Å²) in [5.41, 5.74) is 2.71. The van der Waals surface area contributed by atoms with Gasteiger partial charge in [-0.15, -0.1) is 0 Å². The van der Waals surface area contributed by atoms with Crippen LogP contribution in [0.15, 0.2) is 69.2 Å². The summed E-state index contributed by atoms with van der Waals surface area (Å²) in [6.45, 7) is 3.97. The third-order valence-corrected chi connectivity index (χ3v) is 6.20. The number of rotatable bonds is 6. The van der Waals surface area contributed by atoms with Crippen LogP contribution in [0.5, 0.6) is 0 Å². The molecular formula is C24H21ClN4O4S. The van der Waals surface area contributed by atoms with Crippen molar-refractivity contribution in [2.24, 2.45) is 0 Å². The summed E-state index contributed by atoms with van der Waals surface area (Å²) < 4.78 is 6.81. The Labute approximate surface area is 204 Å². The van der Waals surface area contributed by atoms with Crippen molar-refractivity contribution in [2.75, 3.05) is 11.1 Å². The van der Waals surface area contributed by atoms with Crippen molar-refractivity contribution in [3.05, 3.63) is 87.1 Å². The van der Waals surface area contributed by atoms with Gasteiger partial charge in [-0.1, -0.05) is 41.1 Å². The number of benzene rings is 2. The van der Waals surface area contributed by atoms with Crippen LogP contribution in [0.3, 0.4) is 0 Å². The number of nitrogens with zero attached hydrogens (tertiary/aromatic N) is 2. The smallest absolute Gasteiger partial charge is 0.325 e. The molecule has 2 aromatic carbocycles. The van der Waals surface area contributed by atoms with Crippen LogP contribution >= 0.6 is 23.4 Å². The van der Waals surface area contributed by atoms with Crippen LogP contribution in [0.25, 0.3) is 10.9 Å². The third-order valence-electron chi connectivity index (χ3n) is 4.99. The number of aromatic nitrogens is 2. The van der Waals surface area contributed by atoms with Gasteiger partial charge in [0.1, 0.15) is 5.76 Å². The first-order valence-electron chi connectivity index (χ1n) is 10.3. The Kier molecular flexibility index (Phi) is 7.04. The normalized spacial score (nSPS) is 10.9. The number of urea groups is 1.